The van der Waals surface area contributed by atoms with Crippen LogP contribution in [0.15, 0.2) is 16.9 Å². The van der Waals surface area contributed by atoms with Crippen LogP contribution in [0.1, 0.15) is 19.8 Å². The van der Waals surface area contributed by atoms with Crippen molar-refractivity contribution in [2.24, 2.45) is 0 Å². The highest BCUT2D eigenvalue weighted by Gasteiger charge is 1.99. The number of aromatic nitrogens is 2. The quantitative estimate of drug-likeness (QED) is 0.632. The molecule has 1 rings (SSSR count). The molecule has 0 bridgehead atoms. The molecular formula is C13H23N3O3. The van der Waals surface area contributed by atoms with E-state index in [9.17, 15) is 4.79 Å². The van der Waals surface area contributed by atoms with Crippen molar-refractivity contribution in [3.63, 3.8) is 0 Å². The molecule has 0 aliphatic carbocycles. The van der Waals surface area contributed by atoms with Crippen LogP contribution in [0.2, 0.25) is 0 Å². The molecule has 1 N–H and O–H groups in total. The van der Waals surface area contributed by atoms with Crippen LogP contribution in [0, 0.1) is 0 Å². The molecule has 0 aliphatic heterocycles. The van der Waals surface area contributed by atoms with Gasteiger partial charge in [-0.3, -0.25) is 4.79 Å². The number of rotatable bonds is 10. The van der Waals surface area contributed by atoms with Gasteiger partial charge in [0, 0.05) is 31.8 Å². The molecule has 0 saturated carbocycles. The Bertz CT molecular complexity index is 406. The Morgan fingerprint density at radius 2 is 2.16 bits per heavy atom. The number of hydrogen-bond acceptors (Lipinski definition) is 5. The monoisotopic (exact) mass is 269 g/mol. The van der Waals surface area contributed by atoms with Gasteiger partial charge in [0.2, 0.25) is 5.88 Å². The van der Waals surface area contributed by atoms with E-state index in [1.807, 2.05) is 0 Å². The van der Waals surface area contributed by atoms with Gasteiger partial charge in [-0.1, -0.05) is 13.3 Å². The van der Waals surface area contributed by atoms with Crippen LogP contribution in [-0.4, -0.2) is 43.2 Å². The largest absolute Gasteiger partial charge is 0.480 e. The number of unbranched alkanes of at least 4 members (excludes halogenated alkanes) is 1. The lowest BCUT2D eigenvalue weighted by Gasteiger charge is -2.08. The van der Waals surface area contributed by atoms with E-state index in [1.54, 1.807) is 6.07 Å². The standard InChI is InChI=1S/C13H23N3O3/c1-3-4-10-19-11-8-14-7-9-16-13(17)6-5-12(15-16)18-2/h5-6,14H,3-4,7-11H2,1-2H3. The molecule has 0 amide bonds. The first-order chi connectivity index (χ1) is 9.27. The third-order valence-electron chi connectivity index (χ3n) is 2.62. The van der Waals surface area contributed by atoms with Crippen molar-refractivity contribution in [1.82, 2.24) is 15.1 Å². The van der Waals surface area contributed by atoms with Crippen LogP contribution in [0.25, 0.3) is 0 Å². The van der Waals surface area contributed by atoms with Gasteiger partial charge < -0.3 is 14.8 Å². The second kappa shape index (κ2) is 9.52. The summed E-state index contributed by atoms with van der Waals surface area (Å²) in [6.45, 7) is 5.63. The fourth-order valence-electron chi connectivity index (χ4n) is 1.50. The van der Waals surface area contributed by atoms with Crippen LogP contribution >= 0.6 is 0 Å². The number of methoxy groups -OCH3 is 1. The van der Waals surface area contributed by atoms with Gasteiger partial charge in [0.1, 0.15) is 0 Å². The van der Waals surface area contributed by atoms with E-state index in [1.165, 1.54) is 17.9 Å². The maximum Gasteiger partial charge on any atom is 0.267 e. The Hall–Kier alpha value is -1.40. The van der Waals surface area contributed by atoms with Gasteiger partial charge in [0.15, 0.2) is 0 Å². The zero-order chi connectivity index (χ0) is 13.9. The first kappa shape index (κ1) is 15.7. The molecule has 0 saturated heterocycles. The van der Waals surface area contributed by atoms with Gasteiger partial charge in [-0.15, -0.1) is 5.10 Å². The second-order valence-corrected chi connectivity index (χ2v) is 4.15. The van der Waals surface area contributed by atoms with Crippen molar-refractivity contribution in [3.05, 3.63) is 22.5 Å². The average Bonchev–Trinajstić information content (AvgIpc) is 2.43. The molecule has 1 aromatic heterocycles. The van der Waals surface area contributed by atoms with Gasteiger partial charge in [-0.2, -0.15) is 0 Å². The SMILES string of the molecule is CCCCOCCNCCn1nc(OC)ccc1=O. The van der Waals surface area contributed by atoms with Crippen LogP contribution < -0.4 is 15.6 Å². The highest BCUT2D eigenvalue weighted by atomic mass is 16.5. The third kappa shape index (κ3) is 6.35. The third-order valence-corrected chi connectivity index (χ3v) is 2.62. The lowest BCUT2D eigenvalue weighted by Crippen LogP contribution is -2.30. The summed E-state index contributed by atoms with van der Waals surface area (Å²) in [5.74, 6) is 0.447. The Morgan fingerprint density at radius 3 is 2.89 bits per heavy atom. The van der Waals surface area contributed by atoms with Gasteiger partial charge in [0.05, 0.1) is 20.3 Å². The highest BCUT2D eigenvalue weighted by Crippen LogP contribution is 1.98. The first-order valence-corrected chi connectivity index (χ1v) is 6.68. The zero-order valence-corrected chi connectivity index (χ0v) is 11.7. The lowest BCUT2D eigenvalue weighted by molar-refractivity contribution is 0.133. The number of nitrogens with zero attached hydrogens (tertiary/aromatic N) is 2. The molecule has 1 heterocycles. The van der Waals surface area contributed by atoms with E-state index in [2.05, 4.69) is 17.3 Å². The fraction of sp³-hybridized carbons (Fsp3) is 0.692. The summed E-state index contributed by atoms with van der Waals surface area (Å²) >= 11 is 0. The molecule has 19 heavy (non-hydrogen) atoms. The molecule has 108 valence electrons. The zero-order valence-electron chi connectivity index (χ0n) is 11.7. The minimum absolute atomic E-state index is 0.123. The van der Waals surface area contributed by atoms with Crippen molar-refractivity contribution in [2.75, 3.05) is 33.4 Å². The minimum atomic E-state index is -0.123. The van der Waals surface area contributed by atoms with Gasteiger partial charge in [-0.25, -0.2) is 4.68 Å². The first-order valence-electron chi connectivity index (χ1n) is 6.68. The number of ether oxygens (including phenoxy) is 2. The molecule has 0 atom stereocenters. The Labute approximate surface area is 113 Å². The van der Waals surface area contributed by atoms with E-state index in [4.69, 9.17) is 9.47 Å². The highest BCUT2D eigenvalue weighted by molar-refractivity contribution is 5.05. The Balaban J connectivity index is 2.17. The molecule has 1 aromatic rings. The smallest absolute Gasteiger partial charge is 0.267 e. The molecular weight excluding hydrogens is 246 g/mol. The normalized spacial score (nSPS) is 10.6. The minimum Gasteiger partial charge on any atom is -0.480 e. The van der Waals surface area contributed by atoms with Crippen molar-refractivity contribution >= 4 is 0 Å². The lowest BCUT2D eigenvalue weighted by atomic mass is 10.4. The summed E-state index contributed by atoms with van der Waals surface area (Å²) < 4.78 is 11.8. The van der Waals surface area contributed by atoms with Crippen molar-refractivity contribution in [3.8, 4) is 5.88 Å². The molecule has 0 aromatic carbocycles. The molecule has 0 aliphatic rings. The second-order valence-electron chi connectivity index (χ2n) is 4.15. The van der Waals surface area contributed by atoms with E-state index in [0.717, 1.165) is 26.0 Å². The van der Waals surface area contributed by atoms with Gasteiger partial charge >= 0.3 is 0 Å². The van der Waals surface area contributed by atoms with Crippen LogP contribution in [0.5, 0.6) is 5.88 Å². The fourth-order valence-corrected chi connectivity index (χ4v) is 1.50. The van der Waals surface area contributed by atoms with Crippen molar-refractivity contribution < 1.29 is 9.47 Å². The summed E-state index contributed by atoms with van der Waals surface area (Å²) in [7, 11) is 1.53. The van der Waals surface area contributed by atoms with Gasteiger partial charge in [-0.05, 0) is 6.42 Å². The van der Waals surface area contributed by atoms with Crippen molar-refractivity contribution in [1.29, 1.82) is 0 Å². The summed E-state index contributed by atoms with van der Waals surface area (Å²) in [4.78, 5) is 11.5. The summed E-state index contributed by atoms with van der Waals surface area (Å²) in [6.07, 6.45) is 2.25. The topological polar surface area (TPSA) is 65.4 Å². The molecule has 0 spiro atoms. The van der Waals surface area contributed by atoms with E-state index in [-0.39, 0.29) is 5.56 Å². The van der Waals surface area contributed by atoms with E-state index >= 15 is 0 Å². The van der Waals surface area contributed by atoms with Gasteiger partial charge in [0.25, 0.3) is 5.56 Å². The van der Waals surface area contributed by atoms with Crippen LogP contribution in [-0.2, 0) is 11.3 Å². The predicted octanol–water partition coefficient (Wildman–Crippen LogP) is 0.658. The Kier molecular flexibility index (Phi) is 7.84. The summed E-state index contributed by atoms with van der Waals surface area (Å²) in [6, 6.07) is 3.02. The molecule has 0 unspecified atom stereocenters. The molecule has 0 radical (unpaired) electrons. The molecule has 6 heteroatoms. The summed E-state index contributed by atoms with van der Waals surface area (Å²) in [5.41, 5.74) is -0.123. The number of hydrogen-bond donors (Lipinski definition) is 1. The maximum absolute atomic E-state index is 11.5. The van der Waals surface area contributed by atoms with Crippen molar-refractivity contribution in [2.45, 2.75) is 26.3 Å². The van der Waals surface area contributed by atoms with Crippen LogP contribution in [0.4, 0.5) is 0 Å². The maximum atomic E-state index is 11.5. The molecule has 6 nitrogen and oxygen atoms in total. The predicted molar refractivity (Wildman–Crippen MR) is 73.6 cm³/mol. The summed E-state index contributed by atoms with van der Waals surface area (Å²) in [5, 5.41) is 7.27. The Morgan fingerprint density at radius 1 is 1.32 bits per heavy atom. The molecule has 0 fully saturated rings. The van der Waals surface area contributed by atoms with E-state index in [0.29, 0.717) is 25.6 Å². The average molecular weight is 269 g/mol. The number of nitrogens with one attached hydrogen (secondary N) is 1. The van der Waals surface area contributed by atoms with Crippen LogP contribution in [0.3, 0.4) is 0 Å². The van der Waals surface area contributed by atoms with E-state index < -0.39 is 0 Å².